The van der Waals surface area contributed by atoms with E-state index in [1.807, 2.05) is 12.1 Å². The number of hydrogen-bond acceptors (Lipinski definition) is 1. The highest BCUT2D eigenvalue weighted by atomic mass is 79.9. The second-order valence-corrected chi connectivity index (χ2v) is 4.02. The van der Waals surface area contributed by atoms with Crippen LogP contribution in [0.15, 0.2) is 28.7 Å². The summed E-state index contributed by atoms with van der Waals surface area (Å²) in [6.45, 7) is 2.76. The van der Waals surface area contributed by atoms with E-state index in [-0.39, 0.29) is 0 Å². The van der Waals surface area contributed by atoms with Crippen molar-refractivity contribution in [1.82, 2.24) is 5.32 Å². The Morgan fingerprint density at radius 3 is 2.93 bits per heavy atom. The van der Waals surface area contributed by atoms with E-state index in [1.54, 1.807) is 0 Å². The molecule has 0 fully saturated rings. The second-order valence-electron chi connectivity index (χ2n) is 3.10. The van der Waals surface area contributed by atoms with E-state index < -0.39 is 0 Å². The van der Waals surface area contributed by atoms with Gasteiger partial charge in [0.2, 0.25) is 0 Å². The van der Waals surface area contributed by atoms with E-state index in [0.29, 0.717) is 12.6 Å². The lowest BCUT2D eigenvalue weighted by atomic mass is 10.1. The van der Waals surface area contributed by atoms with Crippen LogP contribution in [0, 0.1) is 12.3 Å². The molecule has 0 spiro atoms. The molecule has 2 heteroatoms. The Bertz CT molecular complexity index is 327. The number of nitrogens with one attached hydrogen (secondary N) is 1. The van der Waals surface area contributed by atoms with Crippen LogP contribution in [-0.2, 0) is 0 Å². The molecule has 0 saturated heterocycles. The number of benzene rings is 1. The molecule has 14 heavy (non-hydrogen) atoms. The minimum absolute atomic E-state index is 0.351. The molecule has 0 aliphatic rings. The summed E-state index contributed by atoms with van der Waals surface area (Å²) in [5.74, 6) is 2.59. The Morgan fingerprint density at radius 1 is 1.57 bits per heavy atom. The fourth-order valence-electron chi connectivity index (χ4n) is 1.40. The van der Waals surface area contributed by atoms with Gasteiger partial charge in [-0.05, 0) is 24.1 Å². The summed E-state index contributed by atoms with van der Waals surface area (Å²) in [5.41, 5.74) is 1.28. The van der Waals surface area contributed by atoms with Gasteiger partial charge in [0.25, 0.3) is 0 Å². The summed E-state index contributed by atoms with van der Waals surface area (Å²) in [6.07, 6.45) is 6.26. The highest BCUT2D eigenvalue weighted by molar-refractivity contribution is 9.10. The van der Waals surface area contributed by atoms with Crippen molar-refractivity contribution >= 4 is 15.9 Å². The highest BCUT2D eigenvalue weighted by Crippen LogP contribution is 2.20. The molecule has 1 aromatic carbocycles. The first kappa shape index (κ1) is 11.3. The van der Waals surface area contributed by atoms with E-state index in [4.69, 9.17) is 6.42 Å². The van der Waals surface area contributed by atoms with Gasteiger partial charge in [0, 0.05) is 10.5 Å². The number of hydrogen-bond donors (Lipinski definition) is 1. The molecular formula is C12H14BrN. The molecule has 0 aliphatic heterocycles. The smallest absolute Gasteiger partial charge is 0.0578 e. The molecule has 1 aromatic rings. The third kappa shape index (κ3) is 3.17. The van der Waals surface area contributed by atoms with Crippen molar-refractivity contribution in [3.63, 3.8) is 0 Å². The van der Waals surface area contributed by atoms with Crippen LogP contribution in [0.2, 0.25) is 0 Å². The van der Waals surface area contributed by atoms with Gasteiger partial charge in [-0.25, -0.2) is 0 Å². The molecule has 0 radical (unpaired) electrons. The normalized spacial score (nSPS) is 12.1. The van der Waals surface area contributed by atoms with Crippen LogP contribution in [0.5, 0.6) is 0 Å². The van der Waals surface area contributed by atoms with E-state index in [1.165, 1.54) is 5.56 Å². The van der Waals surface area contributed by atoms with Crippen molar-refractivity contribution in [3.8, 4) is 12.3 Å². The largest absolute Gasteiger partial charge is 0.299 e. The molecule has 1 atom stereocenters. The average Bonchev–Trinajstić information content (AvgIpc) is 2.19. The van der Waals surface area contributed by atoms with Gasteiger partial charge in [0.1, 0.15) is 0 Å². The van der Waals surface area contributed by atoms with Crippen LogP contribution >= 0.6 is 15.9 Å². The van der Waals surface area contributed by atoms with Crippen LogP contribution in [0.4, 0.5) is 0 Å². The molecular weight excluding hydrogens is 238 g/mol. The molecule has 0 heterocycles. The molecule has 0 aliphatic carbocycles. The van der Waals surface area contributed by atoms with E-state index in [2.05, 4.69) is 46.2 Å². The van der Waals surface area contributed by atoms with E-state index >= 15 is 0 Å². The van der Waals surface area contributed by atoms with Crippen molar-refractivity contribution in [1.29, 1.82) is 0 Å². The first-order chi connectivity index (χ1) is 6.77. The van der Waals surface area contributed by atoms with Crippen LogP contribution in [0.25, 0.3) is 0 Å². The van der Waals surface area contributed by atoms with Crippen LogP contribution in [-0.4, -0.2) is 6.54 Å². The third-order valence-corrected chi connectivity index (χ3v) is 2.60. The summed E-state index contributed by atoms with van der Waals surface area (Å²) >= 11 is 3.46. The van der Waals surface area contributed by atoms with Crippen molar-refractivity contribution in [2.45, 2.75) is 19.4 Å². The number of rotatable bonds is 4. The van der Waals surface area contributed by atoms with Crippen molar-refractivity contribution in [3.05, 3.63) is 34.3 Å². The summed E-state index contributed by atoms with van der Waals surface area (Å²) in [7, 11) is 0. The quantitative estimate of drug-likeness (QED) is 0.812. The topological polar surface area (TPSA) is 12.0 Å². The average molecular weight is 252 g/mol. The molecule has 0 saturated carbocycles. The minimum Gasteiger partial charge on any atom is -0.299 e. The van der Waals surface area contributed by atoms with Gasteiger partial charge in [0.05, 0.1) is 6.54 Å². The molecule has 1 nitrogen and oxygen atoms in total. The fraction of sp³-hybridized carbons (Fsp3) is 0.333. The van der Waals surface area contributed by atoms with Gasteiger partial charge in [-0.3, -0.25) is 5.32 Å². The molecule has 0 bridgehead atoms. The standard InChI is InChI=1S/C12H14BrN/c1-3-8-14-12(4-2)10-6-5-7-11(13)9-10/h1,5-7,9,12,14H,4,8H2,2H3. The molecule has 1 N–H and O–H groups in total. The van der Waals surface area contributed by atoms with Crippen molar-refractivity contribution in [2.75, 3.05) is 6.54 Å². The van der Waals surface area contributed by atoms with Crippen LogP contribution < -0.4 is 5.32 Å². The van der Waals surface area contributed by atoms with Crippen molar-refractivity contribution in [2.24, 2.45) is 0 Å². The summed E-state index contributed by atoms with van der Waals surface area (Å²) in [5, 5.41) is 3.31. The van der Waals surface area contributed by atoms with Gasteiger partial charge in [0.15, 0.2) is 0 Å². The second kappa shape index (κ2) is 5.85. The highest BCUT2D eigenvalue weighted by Gasteiger charge is 2.07. The third-order valence-electron chi connectivity index (χ3n) is 2.11. The summed E-state index contributed by atoms with van der Waals surface area (Å²) in [4.78, 5) is 0. The summed E-state index contributed by atoms with van der Waals surface area (Å²) < 4.78 is 1.11. The lowest BCUT2D eigenvalue weighted by Gasteiger charge is -2.15. The Hall–Kier alpha value is -0.780. The SMILES string of the molecule is C#CCNC(CC)c1cccc(Br)c1. The molecule has 74 valence electrons. The van der Waals surface area contributed by atoms with Gasteiger partial charge < -0.3 is 0 Å². The Balaban J connectivity index is 2.74. The Morgan fingerprint density at radius 2 is 2.36 bits per heavy atom. The van der Waals surface area contributed by atoms with Gasteiger partial charge in [-0.1, -0.05) is 40.9 Å². The molecule has 1 unspecified atom stereocenters. The zero-order chi connectivity index (χ0) is 10.4. The first-order valence-corrected chi connectivity index (χ1v) is 5.49. The van der Waals surface area contributed by atoms with E-state index in [0.717, 1.165) is 10.9 Å². The number of terminal acetylenes is 1. The first-order valence-electron chi connectivity index (χ1n) is 4.70. The molecule has 0 aromatic heterocycles. The lowest BCUT2D eigenvalue weighted by molar-refractivity contribution is 0.555. The van der Waals surface area contributed by atoms with Crippen LogP contribution in [0.3, 0.4) is 0 Å². The minimum atomic E-state index is 0.351. The Kier molecular flexibility index (Phi) is 4.72. The lowest BCUT2D eigenvalue weighted by Crippen LogP contribution is -2.20. The van der Waals surface area contributed by atoms with E-state index in [9.17, 15) is 0 Å². The van der Waals surface area contributed by atoms with Gasteiger partial charge >= 0.3 is 0 Å². The predicted octanol–water partition coefficient (Wildman–Crippen LogP) is 3.12. The fourth-order valence-corrected chi connectivity index (χ4v) is 1.82. The molecule has 1 rings (SSSR count). The predicted molar refractivity (Wildman–Crippen MR) is 64.0 cm³/mol. The zero-order valence-electron chi connectivity index (χ0n) is 8.26. The van der Waals surface area contributed by atoms with Gasteiger partial charge in [-0.2, -0.15) is 0 Å². The zero-order valence-corrected chi connectivity index (χ0v) is 9.84. The maximum absolute atomic E-state index is 5.22. The monoisotopic (exact) mass is 251 g/mol. The van der Waals surface area contributed by atoms with Gasteiger partial charge in [-0.15, -0.1) is 6.42 Å². The Labute approximate surface area is 94.0 Å². The number of halogens is 1. The molecule has 0 amide bonds. The van der Waals surface area contributed by atoms with Crippen molar-refractivity contribution < 1.29 is 0 Å². The van der Waals surface area contributed by atoms with Crippen LogP contribution in [0.1, 0.15) is 24.9 Å². The maximum atomic E-state index is 5.22. The maximum Gasteiger partial charge on any atom is 0.0578 e. The summed E-state index contributed by atoms with van der Waals surface area (Å²) in [6, 6.07) is 8.65.